The van der Waals surface area contributed by atoms with Crippen molar-refractivity contribution in [1.82, 2.24) is 19.6 Å². The first kappa shape index (κ1) is 22.6. The monoisotopic (exact) mass is 460 g/mol. The molecule has 2 saturated heterocycles. The van der Waals surface area contributed by atoms with E-state index in [1.54, 1.807) is 17.2 Å². The van der Waals surface area contributed by atoms with Crippen molar-refractivity contribution in [3.8, 4) is 0 Å². The Kier molecular flexibility index (Phi) is 6.73. The van der Waals surface area contributed by atoms with E-state index in [9.17, 15) is 9.00 Å². The number of benzene rings is 1. The standard InChI is InChI=1S/C22H32N6O3S/c1-18-4-5-19(20(16-18)26-12-14-31-15-13-26)17-25-8-10-27(11-9-25)22(29)28-7-6-21(23-28)24-32(2,3)30/h4-7,16H,2,8-15,17H2,1,3H3,(H,23,24,30). The molecule has 1 aromatic carbocycles. The highest BCUT2D eigenvalue weighted by molar-refractivity contribution is 8.00. The van der Waals surface area contributed by atoms with Crippen molar-refractivity contribution in [2.24, 2.45) is 0 Å². The summed E-state index contributed by atoms with van der Waals surface area (Å²) in [4.78, 5) is 19.4. The maximum Gasteiger partial charge on any atom is 0.344 e. The van der Waals surface area contributed by atoms with E-state index < -0.39 is 9.71 Å². The van der Waals surface area contributed by atoms with E-state index >= 15 is 0 Å². The van der Waals surface area contributed by atoms with Crippen molar-refractivity contribution >= 4 is 33.1 Å². The van der Waals surface area contributed by atoms with Gasteiger partial charge in [0.25, 0.3) is 0 Å². The number of nitrogens with one attached hydrogen (secondary N) is 1. The quantitative estimate of drug-likeness (QED) is 0.681. The molecule has 0 spiro atoms. The number of hydrogen-bond donors (Lipinski definition) is 1. The summed E-state index contributed by atoms with van der Waals surface area (Å²) < 4.78 is 21.3. The largest absolute Gasteiger partial charge is 0.378 e. The summed E-state index contributed by atoms with van der Waals surface area (Å²) in [6.07, 6.45) is 3.08. The van der Waals surface area contributed by atoms with Crippen molar-refractivity contribution in [3.05, 3.63) is 41.6 Å². The van der Waals surface area contributed by atoms with Gasteiger partial charge in [-0.15, -0.1) is 5.10 Å². The average molecular weight is 461 g/mol. The first-order chi connectivity index (χ1) is 15.3. The van der Waals surface area contributed by atoms with Crippen LogP contribution in [-0.4, -0.2) is 94.4 Å². The average Bonchev–Trinajstić information content (AvgIpc) is 3.22. The minimum Gasteiger partial charge on any atom is -0.378 e. The van der Waals surface area contributed by atoms with E-state index in [0.717, 1.165) is 45.9 Å². The van der Waals surface area contributed by atoms with Gasteiger partial charge in [0.15, 0.2) is 5.82 Å². The van der Waals surface area contributed by atoms with Crippen LogP contribution >= 0.6 is 0 Å². The lowest BCUT2D eigenvalue weighted by atomic mass is 10.1. The Labute approximate surface area is 190 Å². The van der Waals surface area contributed by atoms with Crippen LogP contribution in [0.5, 0.6) is 0 Å². The van der Waals surface area contributed by atoms with E-state index in [4.69, 9.17) is 4.74 Å². The number of carbonyl (C=O) groups is 1. The second-order valence-electron chi connectivity index (χ2n) is 8.53. The third-order valence-corrected chi connectivity index (χ3v) is 6.38. The summed E-state index contributed by atoms with van der Waals surface area (Å²) in [5.41, 5.74) is 3.87. The molecule has 10 heteroatoms. The Morgan fingerprint density at radius 1 is 1.16 bits per heavy atom. The van der Waals surface area contributed by atoms with E-state index in [1.807, 2.05) is 0 Å². The van der Waals surface area contributed by atoms with Gasteiger partial charge in [-0.1, -0.05) is 12.1 Å². The number of amides is 1. The topological polar surface area (TPSA) is 82.9 Å². The Morgan fingerprint density at radius 2 is 1.88 bits per heavy atom. The molecule has 0 saturated carbocycles. The van der Waals surface area contributed by atoms with Gasteiger partial charge in [-0.3, -0.25) is 9.62 Å². The molecule has 1 aromatic heterocycles. The number of aryl methyl sites for hydroxylation is 1. The second-order valence-corrected chi connectivity index (χ2v) is 10.7. The first-order valence-corrected chi connectivity index (χ1v) is 13.0. The van der Waals surface area contributed by atoms with Crippen molar-refractivity contribution < 1.29 is 13.7 Å². The van der Waals surface area contributed by atoms with Gasteiger partial charge in [0.1, 0.15) is 0 Å². The Balaban J connectivity index is 1.36. The van der Waals surface area contributed by atoms with Crippen molar-refractivity contribution in [3.63, 3.8) is 0 Å². The van der Waals surface area contributed by atoms with Gasteiger partial charge < -0.3 is 14.5 Å². The zero-order valence-corrected chi connectivity index (χ0v) is 19.6. The van der Waals surface area contributed by atoms with Crippen LogP contribution in [0.15, 0.2) is 30.5 Å². The van der Waals surface area contributed by atoms with Crippen molar-refractivity contribution in [2.75, 3.05) is 68.4 Å². The normalized spacial score (nSPS) is 19.6. The number of aromatic nitrogens is 2. The molecule has 9 nitrogen and oxygen atoms in total. The molecule has 1 N–H and O–H groups in total. The smallest absolute Gasteiger partial charge is 0.344 e. The maximum atomic E-state index is 12.8. The van der Waals surface area contributed by atoms with Gasteiger partial charge in [0.05, 0.1) is 13.2 Å². The minimum absolute atomic E-state index is 0.172. The number of morpholine rings is 1. The minimum atomic E-state index is -2.43. The zero-order valence-electron chi connectivity index (χ0n) is 18.8. The van der Waals surface area contributed by atoms with Gasteiger partial charge in [-0.25, -0.2) is 9.00 Å². The summed E-state index contributed by atoms with van der Waals surface area (Å²) in [5.74, 6) is 3.93. The molecule has 32 heavy (non-hydrogen) atoms. The van der Waals surface area contributed by atoms with E-state index in [-0.39, 0.29) is 6.03 Å². The van der Waals surface area contributed by atoms with Crippen LogP contribution in [0.4, 0.5) is 16.3 Å². The van der Waals surface area contributed by atoms with Gasteiger partial charge in [-0.2, -0.15) is 4.68 Å². The predicted molar refractivity (Wildman–Crippen MR) is 129 cm³/mol. The molecule has 2 aliphatic heterocycles. The van der Waals surface area contributed by atoms with E-state index in [0.29, 0.717) is 18.9 Å². The molecular formula is C22H32N6O3S. The van der Waals surface area contributed by atoms with Gasteiger partial charge in [0.2, 0.25) is 0 Å². The lowest BCUT2D eigenvalue weighted by Gasteiger charge is -2.36. The van der Waals surface area contributed by atoms with Gasteiger partial charge in [0, 0.05) is 79.7 Å². The summed E-state index contributed by atoms with van der Waals surface area (Å²) in [6.45, 7) is 9.24. The first-order valence-electron chi connectivity index (χ1n) is 10.9. The van der Waals surface area contributed by atoms with Crippen molar-refractivity contribution in [1.29, 1.82) is 0 Å². The molecule has 3 heterocycles. The highest BCUT2D eigenvalue weighted by Gasteiger charge is 2.24. The molecule has 1 atom stereocenters. The molecule has 4 rings (SSSR count). The highest BCUT2D eigenvalue weighted by Crippen LogP contribution is 2.25. The SMILES string of the molecule is C=S(C)(=O)Nc1ccn(C(=O)N2CCN(Cc3ccc(C)cc3N3CCOCC3)CC2)n1. The van der Waals surface area contributed by atoms with Crippen LogP contribution in [0.25, 0.3) is 0 Å². The summed E-state index contributed by atoms with van der Waals surface area (Å²) in [6, 6.07) is 8.12. The zero-order chi connectivity index (χ0) is 22.7. The summed E-state index contributed by atoms with van der Waals surface area (Å²) in [7, 11) is -2.43. The number of anilines is 2. The molecule has 0 radical (unpaired) electrons. The molecular weight excluding hydrogens is 428 g/mol. The number of ether oxygens (including phenoxy) is 1. The fraction of sp³-hybridized carbons (Fsp3) is 0.500. The predicted octanol–water partition coefficient (Wildman–Crippen LogP) is 1.49. The third-order valence-electron chi connectivity index (χ3n) is 5.73. The molecule has 1 unspecified atom stereocenters. The molecule has 2 aromatic rings. The highest BCUT2D eigenvalue weighted by atomic mass is 32.2. The second kappa shape index (κ2) is 9.51. The van der Waals surface area contributed by atoms with Crippen LogP contribution in [0.1, 0.15) is 11.1 Å². The fourth-order valence-electron chi connectivity index (χ4n) is 4.10. The Bertz CT molecular complexity index is 1050. The van der Waals surface area contributed by atoms with Crippen LogP contribution in [0, 0.1) is 6.92 Å². The van der Waals surface area contributed by atoms with Crippen LogP contribution in [0.3, 0.4) is 0 Å². The van der Waals surface area contributed by atoms with E-state index in [2.05, 4.69) is 50.6 Å². The van der Waals surface area contributed by atoms with Crippen LogP contribution < -0.4 is 9.62 Å². The molecule has 174 valence electrons. The number of piperazine rings is 1. The lowest BCUT2D eigenvalue weighted by molar-refractivity contribution is 0.122. The molecule has 2 aliphatic rings. The number of carbonyl (C=O) groups excluding carboxylic acids is 1. The van der Waals surface area contributed by atoms with Gasteiger partial charge >= 0.3 is 6.03 Å². The van der Waals surface area contributed by atoms with Crippen LogP contribution in [0.2, 0.25) is 0 Å². The number of hydrogen-bond acceptors (Lipinski definition) is 6. The summed E-state index contributed by atoms with van der Waals surface area (Å²) >= 11 is 0. The lowest BCUT2D eigenvalue weighted by Crippen LogP contribution is -2.49. The van der Waals surface area contributed by atoms with Crippen LogP contribution in [-0.2, 0) is 21.0 Å². The maximum absolute atomic E-state index is 12.8. The van der Waals surface area contributed by atoms with E-state index in [1.165, 1.54) is 27.8 Å². The van der Waals surface area contributed by atoms with Crippen molar-refractivity contribution in [2.45, 2.75) is 13.5 Å². The molecule has 0 bridgehead atoms. The number of nitrogens with zero attached hydrogens (tertiary/aromatic N) is 5. The Morgan fingerprint density at radius 3 is 2.56 bits per heavy atom. The molecule has 0 aliphatic carbocycles. The summed E-state index contributed by atoms with van der Waals surface area (Å²) in [5, 5.41) is 4.19. The number of rotatable bonds is 5. The molecule has 1 amide bonds. The molecule has 2 fully saturated rings. The van der Waals surface area contributed by atoms with Gasteiger partial charge in [-0.05, 0) is 30.0 Å². The Hall–Kier alpha value is -2.56. The third kappa shape index (κ3) is 5.62. The fourth-order valence-corrected chi connectivity index (χ4v) is 4.65.